The summed E-state index contributed by atoms with van der Waals surface area (Å²) in [4.78, 5) is 11.5. The lowest BCUT2D eigenvalue weighted by atomic mass is 10.0. The van der Waals surface area contributed by atoms with Crippen molar-refractivity contribution in [3.8, 4) is 6.07 Å². The summed E-state index contributed by atoms with van der Waals surface area (Å²) in [5.41, 5.74) is 8.17. The number of hydrogen-bond donors (Lipinski definition) is 2. The Balaban J connectivity index is 0.00000192. The molecule has 1 heterocycles. The molecule has 118 valence electrons. The molecule has 5 nitrogen and oxygen atoms in total. The fourth-order valence-corrected chi connectivity index (χ4v) is 3.17. The van der Waals surface area contributed by atoms with Crippen LogP contribution in [0.1, 0.15) is 39.5 Å². The van der Waals surface area contributed by atoms with E-state index in [4.69, 9.17) is 28.0 Å². The molecule has 1 aromatic heterocycles. The van der Waals surface area contributed by atoms with Crippen LogP contribution in [0.3, 0.4) is 0 Å². The van der Waals surface area contributed by atoms with Crippen LogP contribution in [-0.2, 0) is 6.42 Å². The average Bonchev–Trinajstić information content (AvgIpc) is 2.91. The highest BCUT2D eigenvalue weighted by Gasteiger charge is 2.25. The molecule has 2 aromatic rings. The number of rotatable bonds is 2. The number of hydrogen-bond acceptors (Lipinski definition) is 3. The van der Waals surface area contributed by atoms with E-state index in [1.807, 2.05) is 12.1 Å². The lowest BCUT2D eigenvalue weighted by molar-refractivity contribution is 0.0997. The van der Waals surface area contributed by atoms with Crippen LogP contribution in [0.2, 0.25) is 5.02 Å². The highest BCUT2D eigenvalue weighted by atomic mass is 35.5. The first-order chi connectivity index (χ1) is 10.5. The average molecular weight is 349 g/mol. The Labute approximate surface area is 144 Å². The van der Waals surface area contributed by atoms with Gasteiger partial charge in [0.1, 0.15) is 5.49 Å². The number of carbonyl (C=O) groups excluding carboxylic acids is 1. The van der Waals surface area contributed by atoms with Gasteiger partial charge in [-0.3, -0.25) is 10.2 Å². The molecule has 3 rings (SSSR count). The zero-order valence-corrected chi connectivity index (χ0v) is 13.6. The van der Waals surface area contributed by atoms with Crippen molar-refractivity contribution >= 4 is 29.9 Å². The first-order valence-corrected chi connectivity index (χ1v) is 7.18. The Morgan fingerprint density at radius 3 is 2.83 bits per heavy atom. The van der Waals surface area contributed by atoms with E-state index < -0.39 is 5.91 Å². The summed E-state index contributed by atoms with van der Waals surface area (Å²) in [5, 5.41) is 17.6. The van der Waals surface area contributed by atoms with Crippen molar-refractivity contribution in [3.63, 3.8) is 0 Å². The van der Waals surface area contributed by atoms with E-state index in [1.54, 1.807) is 16.8 Å². The van der Waals surface area contributed by atoms with Crippen LogP contribution in [0.25, 0.3) is 0 Å². The molecule has 0 saturated carbocycles. The summed E-state index contributed by atoms with van der Waals surface area (Å²) in [5.74, 6) is -0.676. The number of benzene rings is 1. The van der Waals surface area contributed by atoms with Crippen molar-refractivity contribution in [2.75, 3.05) is 0 Å². The van der Waals surface area contributed by atoms with Gasteiger partial charge in [-0.2, -0.15) is 5.26 Å². The lowest BCUT2D eigenvalue weighted by Gasteiger charge is -2.18. The van der Waals surface area contributed by atoms with Crippen LogP contribution in [-0.4, -0.2) is 10.5 Å². The topological polar surface area (TPSA) is 95.7 Å². The number of carbonyl (C=O) groups is 1. The van der Waals surface area contributed by atoms with Gasteiger partial charge in [-0.25, -0.2) is 0 Å². The Kier molecular flexibility index (Phi) is 4.79. The van der Waals surface area contributed by atoms with Crippen LogP contribution in [0.5, 0.6) is 0 Å². The van der Waals surface area contributed by atoms with Crippen molar-refractivity contribution in [2.24, 2.45) is 5.73 Å². The number of nitrogens with one attached hydrogen (secondary N) is 1. The number of amides is 1. The summed E-state index contributed by atoms with van der Waals surface area (Å²) in [6, 6.07) is 8.99. The van der Waals surface area contributed by atoms with E-state index in [0.717, 1.165) is 24.0 Å². The van der Waals surface area contributed by atoms with Crippen molar-refractivity contribution in [2.45, 2.75) is 18.9 Å². The summed E-state index contributed by atoms with van der Waals surface area (Å²) in [6.45, 7) is 0. The zero-order chi connectivity index (χ0) is 15.9. The molecular weight excluding hydrogens is 335 g/mol. The first kappa shape index (κ1) is 17.1. The van der Waals surface area contributed by atoms with Gasteiger partial charge in [-0.15, -0.1) is 12.4 Å². The fraction of sp³-hybridized carbons (Fsp3) is 0.188. The monoisotopic (exact) mass is 348 g/mol. The summed E-state index contributed by atoms with van der Waals surface area (Å²) < 4.78 is 1.66. The van der Waals surface area contributed by atoms with Crippen LogP contribution < -0.4 is 11.2 Å². The molecule has 0 spiro atoms. The van der Waals surface area contributed by atoms with Gasteiger partial charge in [-0.05, 0) is 42.2 Å². The van der Waals surface area contributed by atoms with Gasteiger partial charge in [0.25, 0.3) is 5.91 Å². The van der Waals surface area contributed by atoms with Gasteiger partial charge in [0.05, 0.1) is 28.3 Å². The number of pyridine rings is 1. The van der Waals surface area contributed by atoms with E-state index in [-0.39, 0.29) is 29.5 Å². The second kappa shape index (κ2) is 6.45. The fourth-order valence-electron chi connectivity index (χ4n) is 2.95. The second-order valence-corrected chi connectivity index (χ2v) is 5.71. The molecule has 23 heavy (non-hydrogen) atoms. The molecular formula is C16H14Cl2N4O. The molecule has 0 aliphatic heterocycles. The third kappa shape index (κ3) is 2.96. The maximum absolute atomic E-state index is 11.5. The number of aromatic nitrogens is 1. The standard InChI is InChI=1S/C16H13ClN4O.ClH/c17-11-6-13(16(20)22)15(19)21(8-11)14-4-3-10-2-1-9(7-18)5-12(10)14;/h1-2,5-6,8,14,19H,3-4H2,(H2,20,22);1H. The van der Waals surface area contributed by atoms with E-state index in [0.29, 0.717) is 10.6 Å². The predicted molar refractivity (Wildman–Crippen MR) is 88.7 cm³/mol. The molecule has 3 N–H and O–H groups in total. The van der Waals surface area contributed by atoms with E-state index in [1.165, 1.54) is 6.07 Å². The van der Waals surface area contributed by atoms with Crippen LogP contribution in [0.4, 0.5) is 0 Å². The number of nitrogens with two attached hydrogens (primary N) is 1. The third-order valence-electron chi connectivity index (χ3n) is 3.98. The molecule has 0 radical (unpaired) electrons. The summed E-state index contributed by atoms with van der Waals surface area (Å²) in [6.07, 6.45) is 3.28. The molecule has 1 unspecified atom stereocenters. The molecule has 1 aliphatic rings. The molecule has 0 bridgehead atoms. The predicted octanol–water partition coefficient (Wildman–Crippen LogP) is 2.55. The molecule has 1 atom stereocenters. The Hall–Kier alpha value is -2.29. The molecule has 1 aliphatic carbocycles. The minimum Gasteiger partial charge on any atom is -0.365 e. The van der Waals surface area contributed by atoms with Gasteiger partial charge in [0.2, 0.25) is 0 Å². The van der Waals surface area contributed by atoms with Gasteiger partial charge < -0.3 is 10.3 Å². The highest BCUT2D eigenvalue weighted by molar-refractivity contribution is 6.30. The second-order valence-electron chi connectivity index (χ2n) is 5.27. The number of fused-ring (bicyclic) bond motifs is 1. The zero-order valence-electron chi connectivity index (χ0n) is 12.0. The quantitative estimate of drug-likeness (QED) is 0.871. The normalized spacial score (nSPS) is 15.4. The van der Waals surface area contributed by atoms with Crippen LogP contribution in [0, 0.1) is 16.7 Å². The van der Waals surface area contributed by atoms with Gasteiger partial charge in [0.15, 0.2) is 0 Å². The van der Waals surface area contributed by atoms with Crippen molar-refractivity contribution < 1.29 is 4.79 Å². The van der Waals surface area contributed by atoms with E-state index in [9.17, 15) is 4.79 Å². The Morgan fingerprint density at radius 1 is 1.43 bits per heavy atom. The maximum atomic E-state index is 11.5. The van der Waals surface area contributed by atoms with Gasteiger partial charge in [0, 0.05) is 6.20 Å². The molecule has 7 heteroatoms. The highest BCUT2D eigenvalue weighted by Crippen LogP contribution is 2.34. The number of aryl methyl sites for hydroxylation is 1. The van der Waals surface area contributed by atoms with Crippen LogP contribution in [0.15, 0.2) is 30.5 Å². The van der Waals surface area contributed by atoms with E-state index in [2.05, 4.69) is 6.07 Å². The smallest absolute Gasteiger partial charge is 0.252 e. The Bertz CT molecular complexity index is 883. The number of halogens is 2. The summed E-state index contributed by atoms with van der Waals surface area (Å²) in [7, 11) is 0. The van der Waals surface area contributed by atoms with Crippen molar-refractivity contribution in [1.29, 1.82) is 10.7 Å². The van der Waals surface area contributed by atoms with Crippen molar-refractivity contribution in [1.82, 2.24) is 4.57 Å². The first-order valence-electron chi connectivity index (χ1n) is 6.80. The molecule has 0 saturated heterocycles. The van der Waals surface area contributed by atoms with E-state index >= 15 is 0 Å². The largest absolute Gasteiger partial charge is 0.365 e. The SMILES string of the molecule is Cl.N#Cc1ccc2c(c1)C(n1cc(Cl)cc(C(N)=O)c1=N)CC2. The van der Waals surface area contributed by atoms with Crippen LogP contribution >= 0.6 is 24.0 Å². The van der Waals surface area contributed by atoms with Gasteiger partial charge in [-0.1, -0.05) is 17.7 Å². The number of nitrogens with zero attached hydrogens (tertiary/aromatic N) is 2. The minimum atomic E-state index is -0.676. The lowest BCUT2D eigenvalue weighted by Crippen LogP contribution is -2.31. The molecule has 1 aromatic carbocycles. The maximum Gasteiger partial charge on any atom is 0.252 e. The summed E-state index contributed by atoms with van der Waals surface area (Å²) >= 11 is 6.07. The molecule has 1 amide bonds. The van der Waals surface area contributed by atoms with Crippen molar-refractivity contribution in [3.05, 3.63) is 63.2 Å². The number of primary amides is 1. The van der Waals surface area contributed by atoms with Gasteiger partial charge >= 0.3 is 0 Å². The number of nitriles is 1. The third-order valence-corrected chi connectivity index (χ3v) is 4.19. The molecule has 0 fully saturated rings. The Morgan fingerprint density at radius 2 is 2.17 bits per heavy atom. The minimum absolute atomic E-state index is 0.